The van der Waals surface area contributed by atoms with Crippen molar-refractivity contribution in [3.63, 3.8) is 0 Å². The molecule has 144 valence electrons. The van der Waals surface area contributed by atoms with Gasteiger partial charge in [0, 0.05) is 18.3 Å². The molecule has 1 aromatic carbocycles. The number of hydrogen-bond acceptors (Lipinski definition) is 6. The van der Waals surface area contributed by atoms with E-state index in [0.29, 0.717) is 23.9 Å². The van der Waals surface area contributed by atoms with Crippen molar-refractivity contribution in [3.05, 3.63) is 66.4 Å². The molecular weight excluding hydrogens is 358 g/mol. The first-order chi connectivity index (χ1) is 13.7. The Morgan fingerprint density at radius 1 is 1.29 bits per heavy atom. The van der Waals surface area contributed by atoms with Crippen LogP contribution in [0.4, 0.5) is 0 Å². The quantitative estimate of drug-likeness (QED) is 0.646. The fourth-order valence-corrected chi connectivity index (χ4v) is 2.58. The summed E-state index contributed by atoms with van der Waals surface area (Å²) in [5.74, 6) is 1.44. The SMILES string of the molecule is CC=Cc1ccc(OCC(=O)NCc2cccnc2-n2cncn2)c(OC)c1. The molecule has 8 nitrogen and oxygen atoms in total. The van der Waals surface area contributed by atoms with Crippen LogP contribution in [0.1, 0.15) is 18.1 Å². The van der Waals surface area contributed by atoms with Gasteiger partial charge >= 0.3 is 0 Å². The van der Waals surface area contributed by atoms with Gasteiger partial charge in [-0.05, 0) is 30.7 Å². The van der Waals surface area contributed by atoms with E-state index in [2.05, 4.69) is 20.4 Å². The van der Waals surface area contributed by atoms with Crippen molar-refractivity contribution in [2.24, 2.45) is 0 Å². The molecule has 0 atom stereocenters. The highest BCUT2D eigenvalue weighted by Crippen LogP contribution is 2.28. The van der Waals surface area contributed by atoms with E-state index in [4.69, 9.17) is 9.47 Å². The molecule has 0 fully saturated rings. The third kappa shape index (κ3) is 4.73. The maximum atomic E-state index is 12.2. The summed E-state index contributed by atoms with van der Waals surface area (Å²) in [7, 11) is 1.57. The van der Waals surface area contributed by atoms with Gasteiger partial charge in [0.15, 0.2) is 23.9 Å². The molecule has 3 rings (SSSR count). The number of carbonyl (C=O) groups is 1. The van der Waals surface area contributed by atoms with Crippen molar-refractivity contribution in [1.29, 1.82) is 0 Å². The van der Waals surface area contributed by atoms with E-state index in [0.717, 1.165) is 11.1 Å². The van der Waals surface area contributed by atoms with Gasteiger partial charge in [-0.2, -0.15) is 5.10 Å². The summed E-state index contributed by atoms with van der Waals surface area (Å²) < 4.78 is 12.5. The molecule has 0 saturated heterocycles. The number of allylic oxidation sites excluding steroid dienone is 1. The Balaban J connectivity index is 1.59. The standard InChI is InChI=1S/C20H21N5O3/c1-3-5-15-7-8-17(18(10-15)27-2)28-12-19(26)23-11-16-6-4-9-22-20(16)25-14-21-13-24-25/h3-10,13-14H,11-12H2,1-2H3,(H,23,26). The van der Waals surface area contributed by atoms with Gasteiger partial charge in [0.2, 0.25) is 0 Å². The predicted octanol–water partition coefficient (Wildman–Crippen LogP) is 2.40. The van der Waals surface area contributed by atoms with Gasteiger partial charge in [0.1, 0.15) is 12.7 Å². The van der Waals surface area contributed by atoms with Crippen molar-refractivity contribution in [2.75, 3.05) is 13.7 Å². The Bertz CT molecular complexity index is 954. The van der Waals surface area contributed by atoms with Crippen LogP contribution in [0.15, 0.2) is 55.3 Å². The summed E-state index contributed by atoms with van der Waals surface area (Å²) in [6, 6.07) is 9.21. The van der Waals surface area contributed by atoms with Gasteiger partial charge < -0.3 is 14.8 Å². The first-order valence-electron chi connectivity index (χ1n) is 8.70. The van der Waals surface area contributed by atoms with Crippen LogP contribution in [-0.4, -0.2) is 39.4 Å². The Labute approximate surface area is 162 Å². The summed E-state index contributed by atoms with van der Waals surface area (Å²) >= 11 is 0. The first kappa shape index (κ1) is 19.1. The minimum Gasteiger partial charge on any atom is -0.493 e. The Hall–Kier alpha value is -3.68. The van der Waals surface area contributed by atoms with Crippen molar-refractivity contribution in [3.8, 4) is 17.3 Å². The van der Waals surface area contributed by atoms with Crippen LogP contribution >= 0.6 is 0 Å². The maximum Gasteiger partial charge on any atom is 0.258 e. The van der Waals surface area contributed by atoms with Crippen molar-refractivity contribution in [2.45, 2.75) is 13.5 Å². The normalized spacial score (nSPS) is 10.8. The average molecular weight is 379 g/mol. The molecule has 0 aliphatic heterocycles. The molecule has 2 aromatic heterocycles. The second-order valence-corrected chi connectivity index (χ2v) is 5.80. The van der Waals surface area contributed by atoms with Crippen LogP contribution in [0.2, 0.25) is 0 Å². The smallest absolute Gasteiger partial charge is 0.258 e. The van der Waals surface area contributed by atoms with Crippen LogP contribution in [-0.2, 0) is 11.3 Å². The van der Waals surface area contributed by atoms with E-state index >= 15 is 0 Å². The molecule has 0 unspecified atom stereocenters. The molecule has 2 heterocycles. The minimum atomic E-state index is -0.257. The van der Waals surface area contributed by atoms with Gasteiger partial charge in [0.05, 0.1) is 7.11 Å². The molecular formula is C20H21N5O3. The molecule has 0 radical (unpaired) electrons. The van der Waals surface area contributed by atoms with Crippen LogP contribution in [0.5, 0.6) is 11.5 Å². The Morgan fingerprint density at radius 3 is 2.93 bits per heavy atom. The molecule has 28 heavy (non-hydrogen) atoms. The fourth-order valence-electron chi connectivity index (χ4n) is 2.58. The highest BCUT2D eigenvalue weighted by atomic mass is 16.5. The lowest BCUT2D eigenvalue weighted by Crippen LogP contribution is -2.29. The summed E-state index contributed by atoms with van der Waals surface area (Å²) in [6.07, 6.45) is 8.55. The molecule has 0 aliphatic rings. The fraction of sp³-hybridized carbons (Fsp3) is 0.200. The predicted molar refractivity (Wildman–Crippen MR) is 104 cm³/mol. The van der Waals surface area contributed by atoms with E-state index in [1.54, 1.807) is 36.4 Å². The summed E-state index contributed by atoms with van der Waals surface area (Å²) in [5.41, 5.74) is 1.81. The van der Waals surface area contributed by atoms with E-state index in [1.165, 1.54) is 6.33 Å². The minimum absolute atomic E-state index is 0.127. The maximum absolute atomic E-state index is 12.2. The third-order valence-corrected chi connectivity index (χ3v) is 3.88. The van der Waals surface area contributed by atoms with Gasteiger partial charge in [-0.25, -0.2) is 14.6 Å². The molecule has 3 aromatic rings. The second kappa shape index (κ2) is 9.31. The van der Waals surface area contributed by atoms with Crippen molar-refractivity contribution < 1.29 is 14.3 Å². The van der Waals surface area contributed by atoms with Crippen LogP contribution in [0, 0.1) is 0 Å². The van der Waals surface area contributed by atoms with Gasteiger partial charge in [0.25, 0.3) is 5.91 Å². The number of nitrogens with zero attached hydrogens (tertiary/aromatic N) is 4. The van der Waals surface area contributed by atoms with E-state index in [1.807, 2.05) is 37.3 Å². The van der Waals surface area contributed by atoms with Crippen LogP contribution in [0.3, 0.4) is 0 Å². The second-order valence-electron chi connectivity index (χ2n) is 5.80. The zero-order valence-corrected chi connectivity index (χ0v) is 15.7. The molecule has 0 spiro atoms. The molecule has 0 saturated carbocycles. The summed E-state index contributed by atoms with van der Waals surface area (Å²) in [5, 5.41) is 6.90. The van der Waals surface area contributed by atoms with E-state index in [9.17, 15) is 4.79 Å². The first-order valence-corrected chi connectivity index (χ1v) is 8.70. The van der Waals surface area contributed by atoms with Crippen LogP contribution in [0.25, 0.3) is 11.9 Å². The monoisotopic (exact) mass is 379 g/mol. The zero-order chi connectivity index (χ0) is 19.8. The zero-order valence-electron chi connectivity index (χ0n) is 15.7. The number of pyridine rings is 1. The number of rotatable bonds is 8. The number of methoxy groups -OCH3 is 1. The lowest BCUT2D eigenvalue weighted by molar-refractivity contribution is -0.123. The molecule has 1 N–H and O–H groups in total. The number of nitrogens with one attached hydrogen (secondary N) is 1. The van der Waals surface area contributed by atoms with E-state index < -0.39 is 0 Å². The number of carbonyl (C=O) groups excluding carboxylic acids is 1. The number of amides is 1. The Kier molecular flexibility index (Phi) is 6.35. The lowest BCUT2D eigenvalue weighted by Gasteiger charge is -2.12. The lowest BCUT2D eigenvalue weighted by atomic mass is 10.2. The topological polar surface area (TPSA) is 91.2 Å². The number of benzene rings is 1. The number of hydrogen-bond donors (Lipinski definition) is 1. The average Bonchev–Trinajstić information content (AvgIpc) is 3.26. The van der Waals surface area contributed by atoms with Gasteiger partial charge in [-0.3, -0.25) is 4.79 Å². The van der Waals surface area contributed by atoms with Gasteiger partial charge in [-0.1, -0.05) is 24.3 Å². The highest BCUT2D eigenvalue weighted by Gasteiger charge is 2.10. The van der Waals surface area contributed by atoms with Crippen molar-refractivity contribution >= 4 is 12.0 Å². The molecule has 0 bridgehead atoms. The van der Waals surface area contributed by atoms with Crippen molar-refractivity contribution in [1.82, 2.24) is 25.1 Å². The molecule has 1 amide bonds. The highest BCUT2D eigenvalue weighted by molar-refractivity contribution is 5.77. The number of ether oxygens (including phenoxy) is 2. The van der Waals surface area contributed by atoms with Crippen LogP contribution < -0.4 is 14.8 Å². The molecule has 0 aliphatic carbocycles. The molecule has 8 heteroatoms. The number of aromatic nitrogens is 4. The summed E-state index contributed by atoms with van der Waals surface area (Å²) in [4.78, 5) is 20.4. The largest absolute Gasteiger partial charge is 0.493 e. The summed E-state index contributed by atoms with van der Waals surface area (Å²) in [6.45, 7) is 2.11. The van der Waals surface area contributed by atoms with Gasteiger partial charge in [-0.15, -0.1) is 0 Å². The third-order valence-electron chi connectivity index (χ3n) is 3.88. The van der Waals surface area contributed by atoms with E-state index in [-0.39, 0.29) is 12.5 Å². The Morgan fingerprint density at radius 2 is 2.18 bits per heavy atom.